The van der Waals surface area contributed by atoms with Gasteiger partial charge in [-0.2, -0.15) is 9.90 Å². The molecular formula is C11H12NPSTl-. The van der Waals surface area contributed by atoms with Crippen molar-refractivity contribution < 1.29 is 0 Å². The first-order chi connectivity index (χ1) is 6.36. The van der Waals surface area contributed by atoms with Gasteiger partial charge in [-0.15, -0.1) is 0 Å². The number of hydrogen-bond acceptors (Lipinski definition) is 2. The van der Waals surface area contributed by atoms with Gasteiger partial charge >= 0.3 is 93.8 Å². The van der Waals surface area contributed by atoms with Gasteiger partial charge in [-0.3, -0.25) is 0 Å². The zero-order valence-corrected chi connectivity index (χ0v) is 15.1. The molecule has 1 heterocycles. The summed E-state index contributed by atoms with van der Waals surface area (Å²) in [4.78, 5) is 4.39. The van der Waals surface area contributed by atoms with Crippen molar-refractivity contribution in [2.45, 2.75) is 0 Å². The fourth-order valence-electron chi connectivity index (χ4n) is 1.18. The Hall–Kier alpha value is 0.0721. The number of hydrogen-bond donors (Lipinski definition) is 0. The first-order valence-corrected chi connectivity index (χ1v) is 6.37. The summed E-state index contributed by atoms with van der Waals surface area (Å²) in [7, 11) is 0. The monoisotopic (exact) mass is 426 g/mol. The first kappa shape index (κ1) is 15.1. The molecule has 1 aromatic carbocycles. The van der Waals surface area contributed by atoms with Gasteiger partial charge in [0.25, 0.3) is 0 Å². The molecule has 4 heteroatoms. The van der Waals surface area contributed by atoms with Crippen LogP contribution in [0.3, 0.4) is 0 Å². The molecule has 1 unspecified atom stereocenters. The predicted molar refractivity (Wildman–Crippen MR) is 74.9 cm³/mol. The van der Waals surface area contributed by atoms with Gasteiger partial charge in [-0.25, -0.2) is 0 Å². The second-order valence-corrected chi connectivity index (χ2v) is 5.43. The van der Waals surface area contributed by atoms with Crippen LogP contribution in [-0.2, 0) is 13.5 Å². The van der Waals surface area contributed by atoms with Gasteiger partial charge in [0, 0.05) is 0 Å². The van der Waals surface area contributed by atoms with E-state index in [1.54, 1.807) is 0 Å². The number of aromatic nitrogens is 1. The number of pyridine rings is 1. The van der Waals surface area contributed by atoms with Crippen molar-refractivity contribution in [1.29, 1.82) is 0 Å². The molecule has 0 aliphatic heterocycles. The van der Waals surface area contributed by atoms with Crippen molar-refractivity contribution in [2.24, 2.45) is 0 Å². The molecule has 0 fully saturated rings. The van der Waals surface area contributed by atoms with Crippen LogP contribution < -0.4 is 3.12 Å². The maximum atomic E-state index is 4.39. The van der Waals surface area contributed by atoms with Crippen LogP contribution >= 0.6 is 9.90 Å². The van der Waals surface area contributed by atoms with Crippen molar-refractivity contribution in [3.05, 3.63) is 48.7 Å². The van der Waals surface area contributed by atoms with E-state index in [0.29, 0.717) is 0 Å². The molecule has 0 aliphatic rings. The third kappa shape index (κ3) is 4.21. The zero-order chi connectivity index (χ0) is 9.10. The van der Waals surface area contributed by atoms with E-state index < -0.39 is 0 Å². The van der Waals surface area contributed by atoms with E-state index >= 15 is 0 Å². The van der Waals surface area contributed by atoms with Gasteiger partial charge in [0.2, 0.25) is 0 Å². The summed E-state index contributed by atoms with van der Waals surface area (Å²) in [6.07, 6.45) is 1.97. The Morgan fingerprint density at radius 1 is 0.933 bits per heavy atom. The molecule has 2 rings (SSSR count). The summed E-state index contributed by atoms with van der Waals surface area (Å²) >= 11 is 0.877. The van der Waals surface area contributed by atoms with Gasteiger partial charge in [-0.05, 0) is 0 Å². The van der Waals surface area contributed by atoms with Gasteiger partial charge in [0.15, 0.2) is 0 Å². The van der Waals surface area contributed by atoms with Crippen molar-refractivity contribution >= 4 is 52.3 Å². The zero-order valence-electron chi connectivity index (χ0n) is 8.30. The number of nitrogens with zero attached hydrogens (tertiary/aromatic N) is 1. The van der Waals surface area contributed by atoms with Crippen LogP contribution in [0.5, 0.6) is 0 Å². The van der Waals surface area contributed by atoms with Crippen molar-refractivity contribution in [1.82, 2.24) is 4.98 Å². The standard InChI is InChI=1S/C11H8N.H3P.H2S.Tl/c1-2-6-10(7-3-1)11-8-4-5-9-12-11;;;/h1-4,6-9H;1H3;1H2;/p-1. The van der Waals surface area contributed by atoms with E-state index in [4.69, 9.17) is 0 Å². The van der Waals surface area contributed by atoms with Gasteiger partial charge < -0.3 is 13.5 Å². The molecule has 0 amide bonds. The molecule has 0 radical (unpaired) electrons. The summed E-state index contributed by atoms with van der Waals surface area (Å²) in [6.45, 7) is 0. The van der Waals surface area contributed by atoms with Crippen LogP contribution in [0, 0.1) is 0 Å². The van der Waals surface area contributed by atoms with E-state index in [9.17, 15) is 0 Å². The molecule has 76 valence electrons. The first-order valence-electron chi connectivity index (χ1n) is 4.13. The topological polar surface area (TPSA) is 12.9 Å². The molecule has 0 aliphatic carbocycles. The van der Waals surface area contributed by atoms with E-state index in [-0.39, 0.29) is 23.4 Å². The predicted octanol–water partition coefficient (Wildman–Crippen LogP) is 1.33. The molecule has 1 aromatic heterocycles. The van der Waals surface area contributed by atoms with Crippen molar-refractivity contribution in [2.75, 3.05) is 0 Å². The van der Waals surface area contributed by atoms with E-state index in [1.807, 2.05) is 24.4 Å². The molecule has 0 spiro atoms. The summed E-state index contributed by atoms with van der Waals surface area (Å²) in [6, 6.07) is 14.5. The molecule has 2 aromatic rings. The fourth-order valence-corrected chi connectivity index (χ4v) is 1.85. The summed E-state index contributed by atoms with van der Waals surface area (Å²) in [5, 5.41) is 0. The van der Waals surface area contributed by atoms with E-state index in [1.165, 1.54) is 8.69 Å². The molecule has 0 bridgehead atoms. The van der Waals surface area contributed by atoms with Crippen LogP contribution in [0.25, 0.3) is 11.3 Å². The van der Waals surface area contributed by atoms with Crippen LogP contribution in [0.1, 0.15) is 0 Å². The Morgan fingerprint density at radius 2 is 1.60 bits per heavy atom. The van der Waals surface area contributed by atoms with Crippen LogP contribution in [0.4, 0.5) is 0 Å². The van der Waals surface area contributed by atoms with E-state index in [2.05, 4.69) is 29.2 Å². The van der Waals surface area contributed by atoms with Crippen molar-refractivity contribution in [3.63, 3.8) is 0 Å². The van der Waals surface area contributed by atoms with Crippen molar-refractivity contribution in [3.8, 4) is 11.3 Å². The maximum absolute atomic E-state index is 4.39. The molecule has 0 saturated carbocycles. The van der Waals surface area contributed by atoms with Gasteiger partial charge in [0.1, 0.15) is 0 Å². The number of thiol groups is 1. The quantitative estimate of drug-likeness (QED) is 0.296. The number of rotatable bonds is 1. The average molecular weight is 426 g/mol. The molecule has 0 saturated heterocycles. The molecule has 15 heavy (non-hydrogen) atoms. The summed E-state index contributed by atoms with van der Waals surface area (Å²) < 4.78 is 1.36. The Kier molecular flexibility index (Phi) is 7.40. The minimum absolute atomic E-state index is 0. The normalized spacial score (nSPS) is 8.47. The Morgan fingerprint density at radius 3 is 2.13 bits per heavy atom. The molecular weight excluding hydrogens is 414 g/mol. The SMILES string of the molecule is P.[SH-].[Tl][c]1ccc(-c2ccccc2)nc1. The third-order valence-corrected chi connectivity index (χ3v) is 3.18. The van der Waals surface area contributed by atoms with Crippen LogP contribution in [0.15, 0.2) is 48.7 Å². The third-order valence-electron chi connectivity index (χ3n) is 1.86. The van der Waals surface area contributed by atoms with Gasteiger partial charge in [0.05, 0.1) is 0 Å². The molecule has 1 nitrogen and oxygen atoms in total. The molecule has 0 N–H and O–H groups in total. The second-order valence-electron chi connectivity index (χ2n) is 2.84. The average Bonchev–Trinajstić information content (AvgIpc) is 2.20. The van der Waals surface area contributed by atoms with Crippen LogP contribution in [0.2, 0.25) is 0 Å². The second kappa shape index (κ2) is 7.36. The Balaban J connectivity index is 0.000000980. The fraction of sp³-hybridized carbons (Fsp3) is 0. The van der Waals surface area contributed by atoms with E-state index in [0.717, 1.165) is 31.5 Å². The Bertz CT molecular complexity index is 391. The van der Waals surface area contributed by atoms with Gasteiger partial charge in [-0.1, -0.05) is 0 Å². The number of benzene rings is 1. The Labute approximate surface area is 116 Å². The van der Waals surface area contributed by atoms with Crippen LogP contribution in [-0.4, -0.2) is 30.8 Å². The summed E-state index contributed by atoms with van der Waals surface area (Å²) in [5.74, 6) is 0. The summed E-state index contributed by atoms with van der Waals surface area (Å²) in [5.41, 5.74) is 2.25. The molecule has 1 atom stereocenters. The minimum atomic E-state index is 0.